The lowest BCUT2D eigenvalue weighted by atomic mass is 10.3. The first-order valence-corrected chi connectivity index (χ1v) is 8.93. The first-order valence-electron chi connectivity index (χ1n) is 7.27. The van der Waals surface area contributed by atoms with Crippen LogP contribution < -0.4 is 15.4 Å². The van der Waals surface area contributed by atoms with Gasteiger partial charge >= 0.3 is 0 Å². The molecule has 21 heavy (non-hydrogen) atoms. The Morgan fingerprint density at radius 2 is 1.67 bits per heavy atom. The number of anilines is 2. The lowest BCUT2D eigenvalue weighted by molar-refractivity contribution is 0.588. The van der Waals surface area contributed by atoms with E-state index in [0.717, 1.165) is 37.4 Å². The van der Waals surface area contributed by atoms with Crippen molar-refractivity contribution in [2.75, 3.05) is 36.5 Å². The van der Waals surface area contributed by atoms with Crippen molar-refractivity contribution in [1.29, 1.82) is 0 Å². The van der Waals surface area contributed by atoms with Crippen LogP contribution in [-0.2, 0) is 16.4 Å². The highest BCUT2D eigenvalue weighted by Gasteiger charge is 2.08. The lowest BCUT2D eigenvalue weighted by Gasteiger charge is -2.11. The fourth-order valence-corrected chi connectivity index (χ4v) is 2.26. The fraction of sp³-hybridized carbons (Fsp3) is 0.692. The summed E-state index contributed by atoms with van der Waals surface area (Å²) in [5.41, 5.74) is 0. The number of hydrogen-bond donors (Lipinski definition) is 3. The van der Waals surface area contributed by atoms with E-state index in [2.05, 4.69) is 39.2 Å². The largest absolute Gasteiger partial charge is 0.370 e. The third-order valence-electron chi connectivity index (χ3n) is 2.79. The molecular formula is C13H25N5O2S. The zero-order valence-electron chi connectivity index (χ0n) is 12.9. The highest BCUT2D eigenvalue weighted by atomic mass is 32.2. The van der Waals surface area contributed by atoms with E-state index in [1.807, 2.05) is 0 Å². The van der Waals surface area contributed by atoms with Gasteiger partial charge in [0.25, 0.3) is 0 Å². The Balaban J connectivity index is 2.72. The standard InChI is InChI=1S/C13H25N5O2S/c1-4-6-11-17-12(15-7-5-2)10-13(18-11)16-8-9-21(19,20)14-3/h10,14H,4-9H2,1-3H3,(H2,15,16,17,18). The van der Waals surface area contributed by atoms with Crippen LogP contribution in [0.2, 0.25) is 0 Å². The zero-order chi connectivity index (χ0) is 15.7. The molecule has 0 radical (unpaired) electrons. The minimum absolute atomic E-state index is 0.00827. The van der Waals surface area contributed by atoms with Crippen LogP contribution in [0.1, 0.15) is 32.5 Å². The normalized spacial score (nSPS) is 11.4. The molecule has 0 aliphatic carbocycles. The topological polar surface area (TPSA) is 96.0 Å². The summed E-state index contributed by atoms with van der Waals surface area (Å²) >= 11 is 0. The summed E-state index contributed by atoms with van der Waals surface area (Å²) in [6, 6.07) is 1.81. The van der Waals surface area contributed by atoms with Crippen LogP contribution in [-0.4, -0.2) is 44.3 Å². The third kappa shape index (κ3) is 6.72. The van der Waals surface area contributed by atoms with Crippen LogP contribution in [0, 0.1) is 0 Å². The molecule has 0 saturated carbocycles. The van der Waals surface area contributed by atoms with Crippen LogP contribution in [0.4, 0.5) is 11.6 Å². The average molecular weight is 315 g/mol. The van der Waals surface area contributed by atoms with Crippen molar-refractivity contribution in [3.63, 3.8) is 0 Å². The van der Waals surface area contributed by atoms with E-state index >= 15 is 0 Å². The number of nitrogens with one attached hydrogen (secondary N) is 3. The Morgan fingerprint density at radius 1 is 1.05 bits per heavy atom. The zero-order valence-corrected chi connectivity index (χ0v) is 13.8. The molecule has 0 aliphatic rings. The van der Waals surface area contributed by atoms with E-state index in [1.54, 1.807) is 6.07 Å². The van der Waals surface area contributed by atoms with Gasteiger partial charge in [0.15, 0.2) is 0 Å². The number of hydrogen-bond acceptors (Lipinski definition) is 6. The predicted octanol–water partition coefficient (Wildman–Crippen LogP) is 1.21. The summed E-state index contributed by atoms with van der Waals surface area (Å²) < 4.78 is 25.0. The van der Waals surface area contributed by atoms with E-state index in [-0.39, 0.29) is 5.75 Å². The molecule has 1 aromatic heterocycles. The van der Waals surface area contributed by atoms with Gasteiger partial charge in [-0.3, -0.25) is 0 Å². The Labute approximate surface area is 127 Å². The summed E-state index contributed by atoms with van der Waals surface area (Å²) in [7, 11) is -1.80. The molecule has 0 fully saturated rings. The molecule has 8 heteroatoms. The molecule has 120 valence electrons. The summed E-state index contributed by atoms with van der Waals surface area (Å²) in [6.45, 7) is 5.31. The molecule has 1 rings (SSSR count). The summed E-state index contributed by atoms with van der Waals surface area (Å²) in [4.78, 5) is 8.84. The highest BCUT2D eigenvalue weighted by Crippen LogP contribution is 2.12. The second kappa shape index (κ2) is 8.78. The van der Waals surface area contributed by atoms with Crippen molar-refractivity contribution < 1.29 is 8.42 Å². The number of sulfonamides is 1. The van der Waals surface area contributed by atoms with Crippen molar-refractivity contribution in [2.24, 2.45) is 0 Å². The molecular weight excluding hydrogens is 290 g/mol. The lowest BCUT2D eigenvalue weighted by Crippen LogP contribution is -2.26. The number of rotatable bonds is 10. The van der Waals surface area contributed by atoms with Gasteiger partial charge in [-0.05, 0) is 19.9 Å². The minimum Gasteiger partial charge on any atom is -0.370 e. The van der Waals surface area contributed by atoms with Gasteiger partial charge in [-0.1, -0.05) is 13.8 Å². The molecule has 0 bridgehead atoms. The molecule has 0 amide bonds. The summed E-state index contributed by atoms with van der Waals surface area (Å²) in [6.07, 6.45) is 2.77. The average Bonchev–Trinajstić information content (AvgIpc) is 2.45. The Hall–Kier alpha value is -1.41. The minimum atomic E-state index is -3.21. The van der Waals surface area contributed by atoms with Crippen LogP contribution >= 0.6 is 0 Å². The molecule has 0 spiro atoms. The van der Waals surface area contributed by atoms with Gasteiger partial charge in [0.05, 0.1) is 5.75 Å². The molecule has 3 N–H and O–H groups in total. The fourth-order valence-electron chi connectivity index (χ4n) is 1.68. The second-order valence-electron chi connectivity index (χ2n) is 4.68. The maximum absolute atomic E-state index is 11.4. The molecule has 0 atom stereocenters. The summed E-state index contributed by atoms with van der Waals surface area (Å²) in [5.74, 6) is 2.19. The van der Waals surface area contributed by atoms with Gasteiger partial charge in [0, 0.05) is 25.6 Å². The van der Waals surface area contributed by atoms with Gasteiger partial charge in [0.1, 0.15) is 17.5 Å². The Morgan fingerprint density at radius 3 is 2.19 bits per heavy atom. The SMILES string of the molecule is CCCNc1cc(NCCS(=O)(=O)NC)nc(CCC)n1. The Bertz CT molecular complexity index is 533. The molecule has 0 unspecified atom stereocenters. The third-order valence-corrected chi connectivity index (χ3v) is 4.15. The van der Waals surface area contributed by atoms with Crippen LogP contribution in [0.15, 0.2) is 6.07 Å². The van der Waals surface area contributed by atoms with Crippen molar-refractivity contribution in [3.8, 4) is 0 Å². The van der Waals surface area contributed by atoms with Crippen molar-refractivity contribution >= 4 is 21.7 Å². The van der Waals surface area contributed by atoms with E-state index in [4.69, 9.17) is 0 Å². The second-order valence-corrected chi connectivity index (χ2v) is 6.73. The Kier molecular flexibility index (Phi) is 7.38. The van der Waals surface area contributed by atoms with Gasteiger partial charge in [-0.2, -0.15) is 0 Å². The number of nitrogens with zero attached hydrogens (tertiary/aromatic N) is 2. The van der Waals surface area contributed by atoms with Crippen LogP contribution in [0.3, 0.4) is 0 Å². The van der Waals surface area contributed by atoms with Crippen molar-refractivity contribution in [1.82, 2.24) is 14.7 Å². The molecule has 0 aliphatic heterocycles. The number of aromatic nitrogens is 2. The molecule has 7 nitrogen and oxygen atoms in total. The van der Waals surface area contributed by atoms with E-state index in [9.17, 15) is 8.42 Å². The smallest absolute Gasteiger partial charge is 0.213 e. The predicted molar refractivity (Wildman–Crippen MR) is 86.1 cm³/mol. The van der Waals surface area contributed by atoms with E-state index in [1.165, 1.54) is 7.05 Å². The van der Waals surface area contributed by atoms with Crippen molar-refractivity contribution in [3.05, 3.63) is 11.9 Å². The van der Waals surface area contributed by atoms with Gasteiger partial charge in [0.2, 0.25) is 10.0 Å². The van der Waals surface area contributed by atoms with Gasteiger partial charge < -0.3 is 10.6 Å². The van der Waals surface area contributed by atoms with E-state index in [0.29, 0.717) is 12.4 Å². The highest BCUT2D eigenvalue weighted by molar-refractivity contribution is 7.89. The molecule has 0 aromatic carbocycles. The quantitative estimate of drug-likeness (QED) is 0.600. The molecule has 1 aromatic rings. The van der Waals surface area contributed by atoms with Crippen molar-refractivity contribution in [2.45, 2.75) is 33.1 Å². The van der Waals surface area contributed by atoms with Crippen LogP contribution in [0.5, 0.6) is 0 Å². The van der Waals surface area contributed by atoms with Crippen LogP contribution in [0.25, 0.3) is 0 Å². The molecule has 0 saturated heterocycles. The summed E-state index contributed by atoms with van der Waals surface area (Å²) in [5, 5.41) is 6.27. The number of aryl methyl sites for hydroxylation is 1. The van der Waals surface area contributed by atoms with Gasteiger partial charge in [-0.15, -0.1) is 0 Å². The monoisotopic (exact) mass is 315 g/mol. The van der Waals surface area contributed by atoms with Gasteiger partial charge in [-0.25, -0.2) is 23.1 Å². The maximum atomic E-state index is 11.4. The maximum Gasteiger partial charge on any atom is 0.213 e. The first kappa shape index (κ1) is 17.6. The van der Waals surface area contributed by atoms with E-state index < -0.39 is 10.0 Å². The first-order chi connectivity index (χ1) is 10.0. The molecule has 1 heterocycles.